The first-order chi connectivity index (χ1) is 12.7. The molecule has 0 amide bonds. The van der Waals surface area contributed by atoms with E-state index in [1.807, 2.05) is 37.4 Å². The van der Waals surface area contributed by atoms with Gasteiger partial charge in [-0.2, -0.15) is 0 Å². The van der Waals surface area contributed by atoms with Crippen molar-refractivity contribution >= 4 is 27.6 Å². The second-order valence-electron chi connectivity index (χ2n) is 6.89. The molecule has 0 atom stereocenters. The maximum absolute atomic E-state index is 7.33. The highest BCUT2D eigenvalue weighted by Crippen LogP contribution is 2.38. The second kappa shape index (κ2) is 5.67. The molecule has 6 nitrogen and oxygen atoms in total. The summed E-state index contributed by atoms with van der Waals surface area (Å²) in [6.07, 6.45) is 6.02. The summed E-state index contributed by atoms with van der Waals surface area (Å²) in [4.78, 5) is 13.0. The third kappa shape index (κ3) is 2.28. The molecule has 3 heterocycles. The van der Waals surface area contributed by atoms with Gasteiger partial charge in [0.1, 0.15) is 17.1 Å². The molecule has 0 aliphatic heterocycles. The maximum atomic E-state index is 7.33. The van der Waals surface area contributed by atoms with Gasteiger partial charge in [-0.05, 0) is 38.3 Å². The van der Waals surface area contributed by atoms with E-state index < -0.39 is 0 Å². The molecule has 0 spiro atoms. The van der Waals surface area contributed by atoms with Crippen LogP contribution in [0.1, 0.15) is 42.6 Å². The molecule has 1 aliphatic carbocycles. The Bertz CT molecular complexity index is 1180. The summed E-state index contributed by atoms with van der Waals surface area (Å²) < 4.78 is 7.57. The normalized spacial score (nSPS) is 14.6. The Morgan fingerprint density at radius 1 is 1.27 bits per heavy atom. The van der Waals surface area contributed by atoms with E-state index in [0.717, 1.165) is 52.1 Å². The van der Waals surface area contributed by atoms with E-state index in [-0.39, 0.29) is 0 Å². The van der Waals surface area contributed by atoms with Gasteiger partial charge >= 0.3 is 0 Å². The number of pyridine rings is 1. The fourth-order valence-corrected chi connectivity index (χ4v) is 3.71. The first kappa shape index (κ1) is 15.1. The standard InChI is InChI=1S/C20H17N5O/c1-12-8-14(24-26-12)10-19-23-18-11-22-17-7-6-13(21-2)9-16(17)20(18)25(19)15-4-3-5-15/h6-9,11,15H,3-5,10H2,1H3. The summed E-state index contributed by atoms with van der Waals surface area (Å²) in [5, 5.41) is 5.13. The van der Waals surface area contributed by atoms with Gasteiger partial charge < -0.3 is 9.09 Å². The molecule has 3 aromatic heterocycles. The van der Waals surface area contributed by atoms with Gasteiger partial charge in [0.2, 0.25) is 0 Å². The van der Waals surface area contributed by atoms with Gasteiger partial charge in [-0.25, -0.2) is 9.83 Å². The Hall–Kier alpha value is -3.20. The average molecular weight is 343 g/mol. The fourth-order valence-electron chi connectivity index (χ4n) is 3.71. The average Bonchev–Trinajstić information content (AvgIpc) is 3.17. The molecule has 1 saturated carbocycles. The van der Waals surface area contributed by atoms with Crippen LogP contribution < -0.4 is 0 Å². The second-order valence-corrected chi connectivity index (χ2v) is 6.89. The van der Waals surface area contributed by atoms with Crippen LogP contribution in [-0.4, -0.2) is 19.7 Å². The predicted molar refractivity (Wildman–Crippen MR) is 98.2 cm³/mol. The van der Waals surface area contributed by atoms with Crippen LogP contribution in [0, 0.1) is 13.5 Å². The zero-order valence-electron chi connectivity index (χ0n) is 14.4. The van der Waals surface area contributed by atoms with Gasteiger partial charge in [0.25, 0.3) is 0 Å². The molecule has 1 aromatic carbocycles. The van der Waals surface area contributed by atoms with Gasteiger partial charge in [-0.15, -0.1) is 0 Å². The molecule has 26 heavy (non-hydrogen) atoms. The highest BCUT2D eigenvalue weighted by atomic mass is 16.5. The molecular weight excluding hydrogens is 326 g/mol. The van der Waals surface area contributed by atoms with Crippen molar-refractivity contribution in [2.75, 3.05) is 0 Å². The van der Waals surface area contributed by atoms with Crippen LogP contribution in [0.25, 0.3) is 26.8 Å². The Morgan fingerprint density at radius 2 is 2.15 bits per heavy atom. The lowest BCUT2D eigenvalue weighted by Gasteiger charge is -2.29. The van der Waals surface area contributed by atoms with E-state index in [1.54, 1.807) is 0 Å². The van der Waals surface area contributed by atoms with Crippen molar-refractivity contribution in [2.24, 2.45) is 0 Å². The Kier molecular flexibility index (Phi) is 3.29. The number of nitrogens with zero attached hydrogens (tertiary/aromatic N) is 5. The molecule has 0 saturated heterocycles. The lowest BCUT2D eigenvalue weighted by Crippen LogP contribution is -2.19. The smallest absolute Gasteiger partial charge is 0.188 e. The molecule has 4 aromatic rings. The number of hydrogen-bond donors (Lipinski definition) is 0. The third-order valence-corrected chi connectivity index (χ3v) is 5.16. The van der Waals surface area contributed by atoms with Crippen molar-refractivity contribution in [3.63, 3.8) is 0 Å². The monoisotopic (exact) mass is 343 g/mol. The van der Waals surface area contributed by atoms with E-state index in [4.69, 9.17) is 16.1 Å². The lowest BCUT2D eigenvalue weighted by atomic mass is 9.92. The minimum absolute atomic E-state index is 0.449. The summed E-state index contributed by atoms with van der Waals surface area (Å²) >= 11 is 0. The first-order valence-corrected chi connectivity index (χ1v) is 8.82. The predicted octanol–water partition coefficient (Wildman–Crippen LogP) is 4.75. The fraction of sp³-hybridized carbons (Fsp3) is 0.300. The van der Waals surface area contributed by atoms with Gasteiger partial charge in [0.05, 0.1) is 35.9 Å². The molecule has 5 rings (SSSR count). The number of aromatic nitrogens is 4. The number of benzene rings is 1. The Labute approximate surface area is 150 Å². The van der Waals surface area contributed by atoms with E-state index in [2.05, 4.69) is 19.6 Å². The van der Waals surface area contributed by atoms with Crippen LogP contribution in [0.4, 0.5) is 5.69 Å². The number of hydrogen-bond acceptors (Lipinski definition) is 4. The molecule has 0 unspecified atom stereocenters. The Balaban J connectivity index is 1.77. The molecule has 1 aliphatic rings. The molecule has 0 N–H and O–H groups in total. The van der Waals surface area contributed by atoms with Crippen LogP contribution in [0.15, 0.2) is 35.0 Å². The number of imidazole rings is 1. The quantitative estimate of drug-likeness (QED) is 0.504. The van der Waals surface area contributed by atoms with Crippen LogP contribution in [0.2, 0.25) is 0 Å². The van der Waals surface area contributed by atoms with Gasteiger partial charge in [-0.3, -0.25) is 4.98 Å². The zero-order chi connectivity index (χ0) is 17.7. The highest BCUT2D eigenvalue weighted by Gasteiger charge is 2.26. The topological polar surface area (TPSA) is 61.1 Å². The van der Waals surface area contributed by atoms with Crippen molar-refractivity contribution in [3.8, 4) is 0 Å². The number of rotatable bonds is 3. The van der Waals surface area contributed by atoms with Gasteiger partial charge in [-0.1, -0.05) is 11.2 Å². The van der Waals surface area contributed by atoms with Crippen LogP contribution in [0.5, 0.6) is 0 Å². The lowest BCUT2D eigenvalue weighted by molar-refractivity contribution is 0.314. The van der Waals surface area contributed by atoms with E-state index in [9.17, 15) is 0 Å². The summed E-state index contributed by atoms with van der Waals surface area (Å²) in [5.74, 6) is 1.79. The SMILES string of the molecule is [C-]#[N+]c1ccc2ncc3nc(Cc4cc(C)on4)n(C4CCC4)c3c2c1. The number of aryl methyl sites for hydroxylation is 1. The molecular formula is C20H17N5O. The Morgan fingerprint density at radius 3 is 2.85 bits per heavy atom. The minimum Gasteiger partial charge on any atom is -0.361 e. The number of fused-ring (bicyclic) bond motifs is 3. The first-order valence-electron chi connectivity index (χ1n) is 8.82. The van der Waals surface area contributed by atoms with Gasteiger partial charge in [0.15, 0.2) is 5.69 Å². The maximum Gasteiger partial charge on any atom is 0.188 e. The van der Waals surface area contributed by atoms with Crippen LogP contribution >= 0.6 is 0 Å². The highest BCUT2D eigenvalue weighted by molar-refractivity contribution is 6.03. The van der Waals surface area contributed by atoms with Crippen molar-refractivity contribution < 1.29 is 4.52 Å². The van der Waals surface area contributed by atoms with E-state index in [0.29, 0.717) is 18.2 Å². The van der Waals surface area contributed by atoms with Crippen molar-refractivity contribution in [1.82, 2.24) is 19.7 Å². The van der Waals surface area contributed by atoms with E-state index >= 15 is 0 Å². The third-order valence-electron chi connectivity index (χ3n) is 5.16. The minimum atomic E-state index is 0.449. The zero-order valence-corrected chi connectivity index (χ0v) is 14.4. The summed E-state index contributed by atoms with van der Waals surface area (Å²) in [6, 6.07) is 8.07. The van der Waals surface area contributed by atoms with Crippen molar-refractivity contribution in [3.05, 3.63) is 59.2 Å². The molecule has 1 fully saturated rings. The van der Waals surface area contributed by atoms with Crippen LogP contribution in [0.3, 0.4) is 0 Å². The summed E-state index contributed by atoms with van der Waals surface area (Å²) in [7, 11) is 0. The van der Waals surface area contributed by atoms with Gasteiger partial charge in [0, 0.05) is 17.5 Å². The van der Waals surface area contributed by atoms with Crippen molar-refractivity contribution in [2.45, 2.75) is 38.6 Å². The molecule has 128 valence electrons. The molecule has 6 heteroatoms. The molecule has 0 bridgehead atoms. The largest absolute Gasteiger partial charge is 0.361 e. The van der Waals surface area contributed by atoms with Crippen LogP contribution in [-0.2, 0) is 6.42 Å². The van der Waals surface area contributed by atoms with E-state index in [1.165, 1.54) is 6.42 Å². The summed E-state index contributed by atoms with van der Waals surface area (Å²) in [5.41, 5.74) is 4.37. The summed E-state index contributed by atoms with van der Waals surface area (Å²) in [6.45, 7) is 9.23. The molecule has 0 radical (unpaired) electrons. The van der Waals surface area contributed by atoms with Crippen molar-refractivity contribution in [1.29, 1.82) is 0 Å².